The van der Waals surface area contributed by atoms with Crippen LogP contribution < -0.4 is 10.6 Å². The van der Waals surface area contributed by atoms with Gasteiger partial charge in [-0.05, 0) is 23.7 Å². The number of rotatable bonds is 5. The Morgan fingerprint density at radius 3 is 2.68 bits per heavy atom. The molecule has 0 radical (unpaired) electrons. The van der Waals surface area contributed by atoms with Crippen molar-refractivity contribution in [2.45, 2.75) is 0 Å². The van der Waals surface area contributed by atoms with Crippen molar-refractivity contribution in [3.8, 4) is 0 Å². The highest BCUT2D eigenvalue weighted by molar-refractivity contribution is 6.28. The standard InChI is InChI=1S/C12H11ClFN5/c1-2-7-15-11-17-10(13)18-12(19-11)16-9-6-4-3-5-8(9)14/h2-6H,1,7H2,(H2,15,16,17,18,19). The van der Waals surface area contributed by atoms with Crippen LogP contribution >= 0.6 is 11.6 Å². The monoisotopic (exact) mass is 279 g/mol. The van der Waals surface area contributed by atoms with Crippen molar-refractivity contribution in [1.29, 1.82) is 0 Å². The average molecular weight is 280 g/mol. The Morgan fingerprint density at radius 1 is 1.21 bits per heavy atom. The van der Waals surface area contributed by atoms with Gasteiger partial charge < -0.3 is 10.6 Å². The number of aromatic nitrogens is 3. The van der Waals surface area contributed by atoms with Crippen molar-refractivity contribution >= 4 is 29.2 Å². The van der Waals surface area contributed by atoms with Crippen LogP contribution in [0, 0.1) is 5.82 Å². The van der Waals surface area contributed by atoms with E-state index in [0.29, 0.717) is 12.5 Å². The minimum absolute atomic E-state index is 0.0143. The van der Waals surface area contributed by atoms with Crippen LogP contribution in [0.4, 0.5) is 22.0 Å². The predicted octanol–water partition coefficient (Wildman–Crippen LogP) is 3.01. The van der Waals surface area contributed by atoms with E-state index in [9.17, 15) is 4.39 Å². The third kappa shape index (κ3) is 3.62. The number of nitrogens with zero attached hydrogens (tertiary/aromatic N) is 3. The van der Waals surface area contributed by atoms with Crippen molar-refractivity contribution < 1.29 is 4.39 Å². The zero-order valence-corrected chi connectivity index (χ0v) is 10.7. The van der Waals surface area contributed by atoms with Gasteiger partial charge in [-0.2, -0.15) is 15.0 Å². The molecule has 0 amide bonds. The summed E-state index contributed by atoms with van der Waals surface area (Å²) < 4.78 is 13.5. The van der Waals surface area contributed by atoms with Crippen molar-refractivity contribution in [3.63, 3.8) is 0 Å². The second-order valence-electron chi connectivity index (χ2n) is 3.53. The van der Waals surface area contributed by atoms with Gasteiger partial charge in [0.15, 0.2) is 0 Å². The van der Waals surface area contributed by atoms with Crippen LogP contribution in [-0.4, -0.2) is 21.5 Å². The highest BCUT2D eigenvalue weighted by Crippen LogP contribution is 2.18. The number of halogens is 2. The molecule has 0 bridgehead atoms. The van der Waals surface area contributed by atoms with Crippen molar-refractivity contribution in [3.05, 3.63) is 48.0 Å². The lowest BCUT2D eigenvalue weighted by Crippen LogP contribution is -2.07. The molecule has 1 heterocycles. The Hall–Kier alpha value is -2.21. The Labute approximate surface area is 114 Å². The van der Waals surface area contributed by atoms with Gasteiger partial charge >= 0.3 is 0 Å². The topological polar surface area (TPSA) is 62.7 Å². The number of hydrogen-bond donors (Lipinski definition) is 2. The molecule has 0 aliphatic heterocycles. The van der Waals surface area contributed by atoms with E-state index in [1.165, 1.54) is 6.07 Å². The normalized spacial score (nSPS) is 10.0. The molecule has 2 rings (SSSR count). The largest absolute Gasteiger partial charge is 0.351 e. The lowest BCUT2D eigenvalue weighted by molar-refractivity contribution is 0.631. The minimum atomic E-state index is -0.403. The van der Waals surface area contributed by atoms with Gasteiger partial charge in [0.1, 0.15) is 5.82 Å². The predicted molar refractivity (Wildman–Crippen MR) is 73.2 cm³/mol. The molecule has 0 saturated heterocycles. The van der Waals surface area contributed by atoms with Crippen molar-refractivity contribution in [1.82, 2.24) is 15.0 Å². The van der Waals surface area contributed by atoms with Crippen molar-refractivity contribution in [2.24, 2.45) is 0 Å². The molecule has 19 heavy (non-hydrogen) atoms. The van der Waals surface area contributed by atoms with Gasteiger partial charge in [-0.3, -0.25) is 0 Å². The Kier molecular flexibility index (Phi) is 4.25. The van der Waals surface area contributed by atoms with Crippen LogP contribution in [0.1, 0.15) is 0 Å². The Balaban J connectivity index is 2.22. The van der Waals surface area contributed by atoms with E-state index < -0.39 is 5.82 Å². The average Bonchev–Trinajstić information content (AvgIpc) is 2.38. The summed E-state index contributed by atoms with van der Waals surface area (Å²) in [7, 11) is 0. The lowest BCUT2D eigenvalue weighted by Gasteiger charge is -2.07. The van der Waals surface area contributed by atoms with Gasteiger partial charge in [-0.15, -0.1) is 6.58 Å². The van der Waals surface area contributed by atoms with E-state index in [1.807, 2.05) is 0 Å². The van der Waals surface area contributed by atoms with Crippen molar-refractivity contribution in [2.75, 3.05) is 17.2 Å². The van der Waals surface area contributed by atoms with Crippen LogP contribution in [0.15, 0.2) is 36.9 Å². The van der Waals surface area contributed by atoms with Crippen LogP contribution in [0.2, 0.25) is 5.28 Å². The first-order chi connectivity index (χ1) is 9.19. The molecule has 0 spiro atoms. The van der Waals surface area contributed by atoms with Crippen LogP contribution in [0.5, 0.6) is 0 Å². The van der Waals surface area contributed by atoms with E-state index in [2.05, 4.69) is 32.2 Å². The molecule has 0 aliphatic rings. The highest BCUT2D eigenvalue weighted by atomic mass is 35.5. The van der Waals surface area contributed by atoms with E-state index >= 15 is 0 Å². The summed E-state index contributed by atoms with van der Waals surface area (Å²) in [6, 6.07) is 6.20. The molecule has 0 fully saturated rings. The maximum atomic E-state index is 13.5. The fourth-order valence-electron chi connectivity index (χ4n) is 1.33. The van der Waals surface area contributed by atoms with E-state index in [1.54, 1.807) is 24.3 Å². The van der Waals surface area contributed by atoms with Crippen LogP contribution in [-0.2, 0) is 0 Å². The molecule has 1 aromatic heterocycles. The van der Waals surface area contributed by atoms with Crippen LogP contribution in [0.3, 0.4) is 0 Å². The summed E-state index contributed by atoms with van der Waals surface area (Å²) in [5, 5.41) is 5.63. The first-order valence-electron chi connectivity index (χ1n) is 5.47. The van der Waals surface area contributed by atoms with Gasteiger partial charge in [-0.25, -0.2) is 4.39 Å². The van der Waals surface area contributed by atoms with E-state index in [-0.39, 0.29) is 16.9 Å². The first kappa shape index (κ1) is 13.2. The van der Waals surface area contributed by atoms with Gasteiger partial charge in [0.05, 0.1) is 5.69 Å². The number of anilines is 3. The molecule has 0 saturated carbocycles. The minimum Gasteiger partial charge on any atom is -0.351 e. The summed E-state index contributed by atoms with van der Waals surface area (Å²) >= 11 is 5.77. The molecule has 0 atom stereocenters. The second kappa shape index (κ2) is 6.10. The molecule has 2 N–H and O–H groups in total. The maximum absolute atomic E-state index is 13.5. The first-order valence-corrected chi connectivity index (χ1v) is 5.84. The summed E-state index contributed by atoms with van der Waals surface area (Å²) in [5.74, 6) is 0.0510. The quantitative estimate of drug-likeness (QED) is 0.824. The van der Waals surface area contributed by atoms with Gasteiger partial charge in [0.25, 0.3) is 0 Å². The summed E-state index contributed by atoms with van der Waals surface area (Å²) in [6.07, 6.45) is 1.65. The zero-order valence-electron chi connectivity index (χ0n) is 9.90. The molecule has 5 nitrogen and oxygen atoms in total. The molecule has 0 unspecified atom stereocenters. The number of para-hydroxylation sites is 1. The molecule has 98 valence electrons. The Morgan fingerprint density at radius 2 is 1.95 bits per heavy atom. The molecule has 7 heteroatoms. The van der Waals surface area contributed by atoms with Gasteiger partial charge in [-0.1, -0.05) is 18.2 Å². The SMILES string of the molecule is C=CCNc1nc(Cl)nc(Nc2ccccc2F)n1. The fraction of sp³-hybridized carbons (Fsp3) is 0.0833. The van der Waals surface area contributed by atoms with Gasteiger partial charge in [0.2, 0.25) is 17.2 Å². The number of nitrogens with one attached hydrogen (secondary N) is 2. The fourth-order valence-corrected chi connectivity index (χ4v) is 1.49. The molecule has 2 aromatic rings. The number of benzene rings is 1. The van der Waals surface area contributed by atoms with Crippen LogP contribution in [0.25, 0.3) is 0 Å². The smallest absolute Gasteiger partial charge is 0.233 e. The van der Waals surface area contributed by atoms with E-state index in [4.69, 9.17) is 11.6 Å². The zero-order chi connectivity index (χ0) is 13.7. The molecular weight excluding hydrogens is 269 g/mol. The highest BCUT2D eigenvalue weighted by Gasteiger charge is 2.07. The van der Waals surface area contributed by atoms with E-state index in [0.717, 1.165) is 0 Å². The third-order valence-electron chi connectivity index (χ3n) is 2.13. The molecule has 0 aliphatic carbocycles. The summed E-state index contributed by atoms with van der Waals surface area (Å²) in [6.45, 7) is 4.05. The maximum Gasteiger partial charge on any atom is 0.233 e. The lowest BCUT2D eigenvalue weighted by atomic mass is 10.3. The summed E-state index contributed by atoms with van der Waals surface area (Å²) in [5.41, 5.74) is 0.263. The Bertz CT molecular complexity index is 590. The third-order valence-corrected chi connectivity index (χ3v) is 2.30. The summed E-state index contributed by atoms with van der Waals surface area (Å²) in [4.78, 5) is 11.8. The molecular formula is C12H11ClFN5. The van der Waals surface area contributed by atoms with Gasteiger partial charge in [0, 0.05) is 6.54 Å². The second-order valence-corrected chi connectivity index (χ2v) is 3.86. The number of hydrogen-bond acceptors (Lipinski definition) is 5. The molecule has 1 aromatic carbocycles.